The predicted molar refractivity (Wildman–Crippen MR) is 109 cm³/mol. The molecule has 6 heteroatoms. The molecule has 0 bridgehead atoms. The van der Waals surface area contributed by atoms with Gasteiger partial charge in [0.1, 0.15) is 17.6 Å². The van der Waals surface area contributed by atoms with Crippen molar-refractivity contribution in [2.75, 3.05) is 26.3 Å². The Bertz CT molecular complexity index is 965. The molecule has 0 aliphatic carbocycles. The number of hydrogen-bond donors (Lipinski definition) is 1. The number of ether oxygens (including phenoxy) is 2. The van der Waals surface area contributed by atoms with Gasteiger partial charge in [0.25, 0.3) is 0 Å². The fraction of sp³-hybridized carbons (Fsp3) is 0.348. The average molecular weight is 395 g/mol. The van der Waals surface area contributed by atoms with Gasteiger partial charge >= 0.3 is 5.97 Å². The van der Waals surface area contributed by atoms with Crippen molar-refractivity contribution >= 4 is 16.7 Å². The summed E-state index contributed by atoms with van der Waals surface area (Å²) in [5, 5.41) is 10.9. The molecule has 0 saturated carbocycles. The maximum atomic E-state index is 10.6. The topological polar surface area (TPSA) is 72.1 Å². The summed E-state index contributed by atoms with van der Waals surface area (Å²) in [4.78, 5) is 13.0. The largest absolute Gasteiger partial charge is 0.482 e. The maximum Gasteiger partial charge on any atom is 0.341 e. The Balaban J connectivity index is 1.38. The first-order chi connectivity index (χ1) is 14.1. The highest BCUT2D eigenvalue weighted by molar-refractivity contribution is 5.84. The summed E-state index contributed by atoms with van der Waals surface area (Å²) >= 11 is 0. The molecular formula is C23H25NO5. The van der Waals surface area contributed by atoms with Gasteiger partial charge in [-0.3, -0.25) is 4.90 Å². The Morgan fingerprint density at radius 2 is 2.03 bits per heavy atom. The van der Waals surface area contributed by atoms with E-state index >= 15 is 0 Å². The van der Waals surface area contributed by atoms with Gasteiger partial charge in [0.2, 0.25) is 0 Å². The average Bonchev–Trinajstić information content (AvgIpc) is 3.17. The van der Waals surface area contributed by atoms with Crippen LogP contribution in [-0.4, -0.2) is 48.3 Å². The molecule has 1 aliphatic rings. The van der Waals surface area contributed by atoms with Crippen LogP contribution in [0.5, 0.6) is 5.75 Å². The fourth-order valence-electron chi connectivity index (χ4n) is 3.83. The molecule has 2 heterocycles. The summed E-state index contributed by atoms with van der Waals surface area (Å²) in [6.07, 6.45) is 2.62. The van der Waals surface area contributed by atoms with Crippen LogP contribution in [0.4, 0.5) is 0 Å². The Hall–Kier alpha value is -2.83. The molecule has 0 amide bonds. The second-order valence-corrected chi connectivity index (χ2v) is 7.42. The summed E-state index contributed by atoms with van der Waals surface area (Å²) in [6, 6.07) is 16.1. The molecule has 0 radical (unpaired) electrons. The summed E-state index contributed by atoms with van der Waals surface area (Å²) in [5.41, 5.74) is 1.19. The molecule has 1 aromatic heterocycles. The van der Waals surface area contributed by atoms with Crippen LogP contribution < -0.4 is 4.74 Å². The third kappa shape index (κ3) is 4.60. The molecule has 1 fully saturated rings. The summed E-state index contributed by atoms with van der Waals surface area (Å²) in [5.74, 6) is 0.492. The van der Waals surface area contributed by atoms with E-state index in [0.29, 0.717) is 18.4 Å². The predicted octanol–water partition coefficient (Wildman–Crippen LogP) is 3.90. The molecule has 0 spiro atoms. The van der Waals surface area contributed by atoms with E-state index in [4.69, 9.17) is 19.0 Å². The molecule has 3 aromatic rings. The number of benzene rings is 2. The van der Waals surface area contributed by atoms with Crippen LogP contribution in [0.3, 0.4) is 0 Å². The van der Waals surface area contributed by atoms with Gasteiger partial charge in [0, 0.05) is 29.9 Å². The van der Waals surface area contributed by atoms with E-state index in [9.17, 15) is 4.79 Å². The zero-order valence-electron chi connectivity index (χ0n) is 16.4. The van der Waals surface area contributed by atoms with E-state index in [0.717, 1.165) is 36.0 Å². The van der Waals surface area contributed by atoms with Crippen molar-refractivity contribution in [2.45, 2.75) is 25.5 Å². The number of hydrogen-bond acceptors (Lipinski definition) is 5. The van der Waals surface area contributed by atoms with Crippen LogP contribution >= 0.6 is 0 Å². The first-order valence-corrected chi connectivity index (χ1v) is 9.85. The number of aliphatic carboxylic acids is 1. The standard InChI is InChI=1S/C23H25NO5/c1-16(12-17-6-8-19(9-7-17)28-15-22(25)26)24-10-11-27-21(13-24)23-20-5-3-2-4-18(20)14-29-23/h2-9,14,16,21H,10-13,15H2,1H3,(H,25,26). The lowest BCUT2D eigenvalue weighted by Crippen LogP contribution is -2.44. The van der Waals surface area contributed by atoms with E-state index < -0.39 is 5.97 Å². The van der Waals surface area contributed by atoms with E-state index in [1.54, 1.807) is 6.26 Å². The quantitative estimate of drug-likeness (QED) is 0.654. The number of carbonyl (C=O) groups is 1. The highest BCUT2D eigenvalue weighted by Crippen LogP contribution is 2.31. The number of nitrogens with zero attached hydrogens (tertiary/aromatic N) is 1. The van der Waals surface area contributed by atoms with E-state index in [1.165, 1.54) is 5.56 Å². The van der Waals surface area contributed by atoms with Crippen LogP contribution in [0.25, 0.3) is 10.8 Å². The zero-order valence-corrected chi connectivity index (χ0v) is 16.4. The van der Waals surface area contributed by atoms with Gasteiger partial charge in [-0.2, -0.15) is 0 Å². The van der Waals surface area contributed by atoms with E-state index in [1.807, 2.05) is 36.4 Å². The third-order valence-corrected chi connectivity index (χ3v) is 5.37. The van der Waals surface area contributed by atoms with Gasteiger partial charge in [-0.25, -0.2) is 4.79 Å². The van der Waals surface area contributed by atoms with Crippen LogP contribution in [0.1, 0.15) is 24.4 Å². The van der Waals surface area contributed by atoms with Crippen molar-refractivity contribution < 1.29 is 23.8 Å². The number of rotatable bonds is 7. The van der Waals surface area contributed by atoms with Crippen molar-refractivity contribution in [3.05, 3.63) is 66.1 Å². The summed E-state index contributed by atoms with van der Waals surface area (Å²) in [7, 11) is 0. The minimum Gasteiger partial charge on any atom is -0.482 e. The van der Waals surface area contributed by atoms with Gasteiger partial charge < -0.3 is 19.0 Å². The number of carboxylic acid groups (broad SMARTS) is 1. The molecule has 2 atom stereocenters. The molecule has 1 N–H and O–H groups in total. The Morgan fingerprint density at radius 1 is 1.24 bits per heavy atom. The second-order valence-electron chi connectivity index (χ2n) is 7.42. The molecule has 4 rings (SSSR count). The van der Waals surface area contributed by atoms with Gasteiger partial charge in [-0.05, 0) is 31.0 Å². The number of fused-ring (bicyclic) bond motifs is 1. The Kier molecular flexibility index (Phi) is 5.83. The first-order valence-electron chi connectivity index (χ1n) is 9.85. The SMILES string of the molecule is CC(Cc1ccc(OCC(=O)O)cc1)N1CCOC(c2occ3ccccc23)C1. The minimum atomic E-state index is -0.978. The molecule has 2 unspecified atom stereocenters. The Labute approximate surface area is 169 Å². The molecular weight excluding hydrogens is 370 g/mol. The van der Waals surface area contributed by atoms with Gasteiger partial charge in [0.15, 0.2) is 6.61 Å². The third-order valence-electron chi connectivity index (χ3n) is 5.37. The first kappa shape index (κ1) is 19.5. The van der Waals surface area contributed by atoms with Crippen LogP contribution in [0, 0.1) is 0 Å². The lowest BCUT2D eigenvalue weighted by molar-refractivity contribution is -0.139. The number of furan rings is 1. The van der Waals surface area contributed by atoms with E-state index in [-0.39, 0.29) is 12.7 Å². The lowest BCUT2D eigenvalue weighted by atomic mass is 10.0. The second kappa shape index (κ2) is 8.68. The highest BCUT2D eigenvalue weighted by Gasteiger charge is 2.28. The molecule has 2 aromatic carbocycles. The minimum absolute atomic E-state index is 0.0714. The molecule has 29 heavy (non-hydrogen) atoms. The monoisotopic (exact) mass is 395 g/mol. The fourth-order valence-corrected chi connectivity index (χ4v) is 3.83. The summed E-state index contributed by atoms with van der Waals surface area (Å²) in [6.45, 7) is 4.24. The smallest absolute Gasteiger partial charge is 0.341 e. The molecule has 1 saturated heterocycles. The molecule has 1 aliphatic heterocycles. The van der Waals surface area contributed by atoms with Crippen molar-refractivity contribution in [1.29, 1.82) is 0 Å². The Morgan fingerprint density at radius 3 is 2.83 bits per heavy atom. The van der Waals surface area contributed by atoms with Gasteiger partial charge in [-0.1, -0.05) is 36.4 Å². The van der Waals surface area contributed by atoms with Crippen molar-refractivity contribution in [1.82, 2.24) is 4.90 Å². The van der Waals surface area contributed by atoms with Crippen LogP contribution in [0.15, 0.2) is 59.2 Å². The maximum absolute atomic E-state index is 10.6. The van der Waals surface area contributed by atoms with Crippen molar-refractivity contribution in [2.24, 2.45) is 0 Å². The van der Waals surface area contributed by atoms with Gasteiger partial charge in [-0.15, -0.1) is 0 Å². The normalized spacial score (nSPS) is 18.6. The van der Waals surface area contributed by atoms with Gasteiger partial charge in [0.05, 0.1) is 12.9 Å². The summed E-state index contributed by atoms with van der Waals surface area (Å²) < 4.78 is 17.1. The van der Waals surface area contributed by atoms with E-state index in [2.05, 4.69) is 24.0 Å². The molecule has 6 nitrogen and oxygen atoms in total. The molecule has 152 valence electrons. The highest BCUT2D eigenvalue weighted by atomic mass is 16.5. The van der Waals surface area contributed by atoms with Crippen LogP contribution in [0.2, 0.25) is 0 Å². The zero-order chi connectivity index (χ0) is 20.2. The lowest BCUT2D eigenvalue weighted by Gasteiger charge is -2.36. The van der Waals surface area contributed by atoms with Crippen LogP contribution in [-0.2, 0) is 16.0 Å². The number of carboxylic acids is 1. The van der Waals surface area contributed by atoms with Crippen molar-refractivity contribution in [3.63, 3.8) is 0 Å². The van der Waals surface area contributed by atoms with Crippen molar-refractivity contribution in [3.8, 4) is 5.75 Å². The number of morpholine rings is 1.